The van der Waals surface area contributed by atoms with Crippen LogP contribution in [0.4, 0.5) is 5.82 Å². The van der Waals surface area contributed by atoms with Gasteiger partial charge in [-0.25, -0.2) is 9.97 Å². The molecule has 0 saturated carbocycles. The molecule has 1 amide bonds. The van der Waals surface area contributed by atoms with Crippen molar-refractivity contribution in [3.8, 4) is 17.3 Å². The zero-order valence-corrected chi connectivity index (χ0v) is 19.0. The van der Waals surface area contributed by atoms with E-state index in [2.05, 4.69) is 14.9 Å². The molecule has 5 rings (SSSR count). The molecule has 1 aliphatic heterocycles. The van der Waals surface area contributed by atoms with Gasteiger partial charge in [0.15, 0.2) is 5.82 Å². The number of methoxy groups -OCH3 is 1. The molecule has 0 N–H and O–H groups in total. The van der Waals surface area contributed by atoms with Crippen LogP contribution < -0.4 is 9.64 Å². The van der Waals surface area contributed by atoms with Crippen molar-refractivity contribution in [3.63, 3.8) is 0 Å². The maximum atomic E-state index is 13.4. The largest absolute Gasteiger partial charge is 0.481 e. The van der Waals surface area contributed by atoms with E-state index in [0.29, 0.717) is 11.7 Å². The van der Waals surface area contributed by atoms with Crippen LogP contribution in [0.1, 0.15) is 24.1 Å². The Balaban J connectivity index is 1.27. The van der Waals surface area contributed by atoms with Gasteiger partial charge in [0.2, 0.25) is 11.8 Å². The number of hydrogen-bond donors (Lipinski definition) is 0. The van der Waals surface area contributed by atoms with Crippen LogP contribution in [0.3, 0.4) is 0 Å². The van der Waals surface area contributed by atoms with Crippen molar-refractivity contribution in [2.45, 2.75) is 25.7 Å². The number of amides is 1. The summed E-state index contributed by atoms with van der Waals surface area (Å²) in [5.74, 6) is 2.57. The molecule has 0 bridgehead atoms. The first-order valence-corrected chi connectivity index (χ1v) is 11.7. The highest BCUT2D eigenvalue weighted by Gasteiger charge is 2.31. The summed E-state index contributed by atoms with van der Waals surface area (Å²) in [4.78, 5) is 31.6. The highest BCUT2D eigenvalue weighted by molar-refractivity contribution is 5.79. The van der Waals surface area contributed by atoms with Crippen molar-refractivity contribution >= 4 is 11.7 Å². The summed E-state index contributed by atoms with van der Waals surface area (Å²) in [6.07, 6.45) is 4.95. The zero-order chi connectivity index (χ0) is 22.6. The molecule has 1 saturated heterocycles. The fraction of sp³-hybridized carbons (Fsp3) is 0.385. The highest BCUT2D eigenvalue weighted by atomic mass is 16.5. The number of pyridine rings is 1. The number of carbonyl (C=O) groups excluding carboxylic acids is 1. The molecule has 1 unspecified atom stereocenters. The van der Waals surface area contributed by atoms with Gasteiger partial charge in [-0.1, -0.05) is 36.4 Å². The minimum Gasteiger partial charge on any atom is -0.481 e. The van der Waals surface area contributed by atoms with E-state index in [4.69, 9.17) is 9.72 Å². The Bertz CT molecular complexity index is 1100. The lowest BCUT2D eigenvalue weighted by Crippen LogP contribution is -2.50. The van der Waals surface area contributed by atoms with Crippen LogP contribution >= 0.6 is 0 Å². The molecule has 1 fully saturated rings. The number of aryl methyl sites for hydroxylation is 1. The fourth-order valence-corrected chi connectivity index (χ4v) is 4.83. The van der Waals surface area contributed by atoms with Crippen LogP contribution in [-0.4, -0.2) is 59.0 Å². The highest BCUT2D eigenvalue weighted by Crippen LogP contribution is 2.32. The topological polar surface area (TPSA) is 71.5 Å². The lowest BCUT2D eigenvalue weighted by Gasteiger charge is -2.37. The molecule has 0 radical (unpaired) electrons. The second kappa shape index (κ2) is 9.57. The van der Waals surface area contributed by atoms with E-state index >= 15 is 0 Å². The van der Waals surface area contributed by atoms with E-state index in [1.54, 1.807) is 7.11 Å². The smallest absolute Gasteiger partial charge is 0.225 e. The molecular weight excluding hydrogens is 414 g/mol. The normalized spacial score (nSPS) is 18.4. The van der Waals surface area contributed by atoms with Gasteiger partial charge >= 0.3 is 0 Å². The summed E-state index contributed by atoms with van der Waals surface area (Å²) in [6, 6.07) is 15.9. The van der Waals surface area contributed by atoms with Crippen molar-refractivity contribution in [1.29, 1.82) is 0 Å². The van der Waals surface area contributed by atoms with Crippen LogP contribution in [0.25, 0.3) is 11.4 Å². The first kappa shape index (κ1) is 21.4. The quantitative estimate of drug-likeness (QED) is 0.576. The predicted octanol–water partition coefficient (Wildman–Crippen LogP) is 3.39. The number of rotatable bonds is 4. The van der Waals surface area contributed by atoms with Crippen molar-refractivity contribution in [3.05, 3.63) is 66.0 Å². The van der Waals surface area contributed by atoms with Gasteiger partial charge in [-0.3, -0.25) is 4.79 Å². The summed E-state index contributed by atoms with van der Waals surface area (Å²) < 4.78 is 5.64. The number of nitrogens with zero attached hydrogens (tertiary/aromatic N) is 5. The Hall–Kier alpha value is -3.48. The van der Waals surface area contributed by atoms with E-state index in [1.165, 1.54) is 0 Å². The standard InChI is InChI=1S/C26H29N5O2/c1-33-25-21-12-10-20(11-13-22(21)28-24(29-25)19-7-3-2-4-8-19)26(32)31-17-15-30(16-18-31)23-9-5-6-14-27-23/h2-9,14,20H,10-13,15-18H2,1H3. The Labute approximate surface area is 194 Å². The van der Waals surface area contributed by atoms with Gasteiger partial charge in [0, 0.05) is 49.4 Å². The predicted molar refractivity (Wildman–Crippen MR) is 127 cm³/mol. The molecule has 3 aromatic rings. The molecule has 1 aromatic carbocycles. The second-order valence-corrected chi connectivity index (χ2v) is 8.62. The minimum absolute atomic E-state index is 0.00508. The molecule has 0 spiro atoms. The fourth-order valence-electron chi connectivity index (χ4n) is 4.83. The molecule has 2 aliphatic rings. The number of ether oxygens (including phenoxy) is 1. The van der Waals surface area contributed by atoms with Gasteiger partial charge in [-0.15, -0.1) is 0 Å². The van der Waals surface area contributed by atoms with Gasteiger partial charge in [0.25, 0.3) is 0 Å². The van der Waals surface area contributed by atoms with Crippen molar-refractivity contribution in [2.75, 3.05) is 38.2 Å². The summed E-state index contributed by atoms with van der Waals surface area (Å²) in [6.45, 7) is 3.10. The maximum absolute atomic E-state index is 13.4. The molecule has 7 heteroatoms. The average molecular weight is 444 g/mol. The molecule has 3 heterocycles. The Kier molecular flexibility index (Phi) is 6.19. The van der Waals surface area contributed by atoms with Crippen LogP contribution in [0, 0.1) is 5.92 Å². The first-order chi connectivity index (χ1) is 16.2. The van der Waals surface area contributed by atoms with Gasteiger partial charge in [0.05, 0.1) is 12.8 Å². The lowest BCUT2D eigenvalue weighted by molar-refractivity contribution is -0.136. The van der Waals surface area contributed by atoms with Crippen molar-refractivity contribution in [1.82, 2.24) is 19.9 Å². The summed E-state index contributed by atoms with van der Waals surface area (Å²) in [5, 5.41) is 0. The number of piperazine rings is 1. The van der Waals surface area contributed by atoms with E-state index in [1.807, 2.05) is 59.6 Å². The number of fused-ring (bicyclic) bond motifs is 1. The Morgan fingerprint density at radius 2 is 1.70 bits per heavy atom. The molecular formula is C26H29N5O2. The first-order valence-electron chi connectivity index (χ1n) is 11.7. The SMILES string of the molecule is COc1nc(-c2ccccc2)nc2c1CCC(C(=O)N1CCN(c3ccccn3)CC1)CC2. The lowest BCUT2D eigenvalue weighted by atomic mass is 9.97. The van der Waals surface area contributed by atoms with E-state index < -0.39 is 0 Å². The van der Waals surface area contributed by atoms with Crippen LogP contribution in [-0.2, 0) is 17.6 Å². The van der Waals surface area contributed by atoms with Crippen LogP contribution in [0.2, 0.25) is 0 Å². The summed E-state index contributed by atoms with van der Waals surface area (Å²) >= 11 is 0. The van der Waals surface area contributed by atoms with Crippen LogP contribution in [0.15, 0.2) is 54.7 Å². The monoisotopic (exact) mass is 443 g/mol. The van der Waals surface area contributed by atoms with Crippen molar-refractivity contribution in [2.24, 2.45) is 5.92 Å². The molecule has 2 aromatic heterocycles. The van der Waals surface area contributed by atoms with E-state index in [9.17, 15) is 4.79 Å². The number of carbonyl (C=O) groups is 1. The van der Waals surface area contributed by atoms with Crippen LogP contribution in [0.5, 0.6) is 5.88 Å². The third-order valence-electron chi connectivity index (χ3n) is 6.67. The Morgan fingerprint density at radius 1 is 0.939 bits per heavy atom. The molecule has 33 heavy (non-hydrogen) atoms. The zero-order valence-electron chi connectivity index (χ0n) is 19.0. The summed E-state index contributed by atoms with van der Waals surface area (Å²) in [5.41, 5.74) is 3.03. The average Bonchev–Trinajstić information content (AvgIpc) is 3.11. The Morgan fingerprint density at radius 3 is 2.42 bits per heavy atom. The van der Waals surface area contributed by atoms with Gasteiger partial charge in [0.1, 0.15) is 5.82 Å². The van der Waals surface area contributed by atoms with E-state index in [0.717, 1.165) is 74.5 Å². The molecule has 170 valence electrons. The van der Waals surface area contributed by atoms with Gasteiger partial charge < -0.3 is 14.5 Å². The number of hydrogen-bond acceptors (Lipinski definition) is 6. The molecule has 1 atom stereocenters. The molecule has 7 nitrogen and oxygen atoms in total. The minimum atomic E-state index is 0.00508. The van der Waals surface area contributed by atoms with Gasteiger partial charge in [-0.2, -0.15) is 4.98 Å². The number of anilines is 1. The summed E-state index contributed by atoms with van der Waals surface area (Å²) in [7, 11) is 1.66. The number of aromatic nitrogens is 3. The third-order valence-corrected chi connectivity index (χ3v) is 6.67. The van der Waals surface area contributed by atoms with Gasteiger partial charge in [-0.05, 0) is 37.8 Å². The third kappa shape index (κ3) is 4.53. The van der Waals surface area contributed by atoms with E-state index in [-0.39, 0.29) is 11.8 Å². The number of benzene rings is 1. The van der Waals surface area contributed by atoms with Crippen molar-refractivity contribution < 1.29 is 9.53 Å². The molecule has 1 aliphatic carbocycles. The second-order valence-electron chi connectivity index (χ2n) is 8.62. The maximum Gasteiger partial charge on any atom is 0.225 e.